The lowest BCUT2D eigenvalue weighted by molar-refractivity contribution is -0.124. The van der Waals surface area contributed by atoms with Crippen molar-refractivity contribution in [2.45, 2.75) is 63.5 Å². The van der Waals surface area contributed by atoms with E-state index in [1.165, 1.54) is 38.5 Å². The maximum atomic E-state index is 12.0. The lowest BCUT2D eigenvalue weighted by Gasteiger charge is -2.17. The molecule has 0 bridgehead atoms. The predicted molar refractivity (Wildman–Crippen MR) is 87.0 cm³/mol. The van der Waals surface area contributed by atoms with Crippen LogP contribution in [-0.2, 0) is 9.53 Å². The van der Waals surface area contributed by atoms with Gasteiger partial charge in [0.05, 0.1) is 11.9 Å². The van der Waals surface area contributed by atoms with Gasteiger partial charge in [-0.15, -0.1) is 0 Å². The molecule has 5 nitrogen and oxygen atoms in total. The molecule has 2 heterocycles. The Labute approximate surface area is 131 Å². The van der Waals surface area contributed by atoms with Gasteiger partial charge in [-0.05, 0) is 37.8 Å². The van der Waals surface area contributed by atoms with E-state index in [1.807, 2.05) is 12.1 Å². The van der Waals surface area contributed by atoms with Gasteiger partial charge < -0.3 is 15.4 Å². The highest BCUT2D eigenvalue weighted by molar-refractivity contribution is 5.94. The third-order valence-corrected chi connectivity index (χ3v) is 4.46. The van der Waals surface area contributed by atoms with Crippen LogP contribution in [0.3, 0.4) is 0 Å². The summed E-state index contributed by atoms with van der Waals surface area (Å²) in [6, 6.07) is 4.37. The molecule has 0 radical (unpaired) electrons. The van der Waals surface area contributed by atoms with Gasteiger partial charge in [0.1, 0.15) is 11.9 Å². The molecule has 1 amide bonds. The van der Waals surface area contributed by atoms with Crippen molar-refractivity contribution >= 4 is 17.4 Å². The van der Waals surface area contributed by atoms with E-state index in [4.69, 9.17) is 4.74 Å². The van der Waals surface area contributed by atoms with Gasteiger partial charge in [0, 0.05) is 12.6 Å². The molecule has 120 valence electrons. The molecule has 0 spiro atoms. The van der Waals surface area contributed by atoms with Gasteiger partial charge in [0.15, 0.2) is 0 Å². The molecule has 22 heavy (non-hydrogen) atoms. The van der Waals surface area contributed by atoms with Gasteiger partial charge in [0.2, 0.25) is 0 Å². The number of aromatic nitrogens is 1. The highest BCUT2D eigenvalue weighted by Gasteiger charge is 2.23. The molecule has 1 atom stereocenters. The molecule has 3 rings (SSSR count). The van der Waals surface area contributed by atoms with E-state index in [-0.39, 0.29) is 12.0 Å². The maximum Gasteiger partial charge on any atom is 0.253 e. The number of pyridine rings is 1. The van der Waals surface area contributed by atoms with E-state index in [2.05, 4.69) is 15.6 Å². The first-order valence-electron chi connectivity index (χ1n) is 8.46. The molecular weight excluding hydrogens is 278 g/mol. The number of anilines is 2. The Kier molecular flexibility index (Phi) is 5.27. The smallest absolute Gasteiger partial charge is 0.253 e. The zero-order chi connectivity index (χ0) is 15.2. The Hall–Kier alpha value is -1.62. The van der Waals surface area contributed by atoms with Gasteiger partial charge in [-0.2, -0.15) is 0 Å². The predicted octanol–water partition coefficient (Wildman–Crippen LogP) is 3.33. The minimum absolute atomic E-state index is 0.0659. The number of rotatable bonds is 4. The SMILES string of the molecule is O=C(Nc1ccc(NC2CCCCCC2)nc1)C1CCCO1. The molecule has 2 N–H and O–H groups in total. The van der Waals surface area contributed by atoms with Crippen molar-refractivity contribution in [3.63, 3.8) is 0 Å². The molecular formula is C17H25N3O2. The second kappa shape index (κ2) is 7.58. The molecule has 1 aromatic heterocycles. The van der Waals surface area contributed by atoms with Crippen LogP contribution in [0, 0.1) is 0 Å². The highest BCUT2D eigenvalue weighted by atomic mass is 16.5. The quantitative estimate of drug-likeness (QED) is 0.837. The van der Waals surface area contributed by atoms with Crippen LogP contribution in [0.2, 0.25) is 0 Å². The van der Waals surface area contributed by atoms with E-state index >= 15 is 0 Å². The summed E-state index contributed by atoms with van der Waals surface area (Å²) in [6.45, 7) is 0.681. The van der Waals surface area contributed by atoms with Crippen LogP contribution in [0.1, 0.15) is 51.4 Å². The van der Waals surface area contributed by atoms with E-state index in [0.29, 0.717) is 12.6 Å². The van der Waals surface area contributed by atoms with Gasteiger partial charge in [0.25, 0.3) is 5.91 Å². The minimum Gasteiger partial charge on any atom is -0.368 e. The molecule has 1 aliphatic heterocycles. The number of hydrogen-bond acceptors (Lipinski definition) is 4. The lowest BCUT2D eigenvalue weighted by atomic mass is 10.1. The van der Waals surface area contributed by atoms with Crippen molar-refractivity contribution in [2.24, 2.45) is 0 Å². The largest absolute Gasteiger partial charge is 0.368 e. The van der Waals surface area contributed by atoms with Gasteiger partial charge >= 0.3 is 0 Å². The molecule has 2 fully saturated rings. The van der Waals surface area contributed by atoms with Gasteiger partial charge in [-0.3, -0.25) is 4.79 Å². The second-order valence-corrected chi connectivity index (χ2v) is 6.26. The Morgan fingerprint density at radius 3 is 2.55 bits per heavy atom. The van der Waals surface area contributed by atoms with Crippen LogP contribution in [-0.4, -0.2) is 29.6 Å². The summed E-state index contributed by atoms with van der Waals surface area (Å²) in [5, 5.41) is 6.38. The highest BCUT2D eigenvalue weighted by Crippen LogP contribution is 2.21. The molecule has 1 saturated carbocycles. The van der Waals surface area contributed by atoms with Crippen molar-refractivity contribution in [2.75, 3.05) is 17.2 Å². The number of ether oxygens (including phenoxy) is 1. The molecule has 0 aromatic carbocycles. The van der Waals surface area contributed by atoms with Crippen LogP contribution in [0.4, 0.5) is 11.5 Å². The minimum atomic E-state index is -0.302. The Morgan fingerprint density at radius 1 is 1.09 bits per heavy atom. The third kappa shape index (κ3) is 4.19. The summed E-state index contributed by atoms with van der Waals surface area (Å²) in [4.78, 5) is 16.4. The molecule has 1 aromatic rings. The van der Waals surface area contributed by atoms with Crippen LogP contribution in [0.25, 0.3) is 0 Å². The van der Waals surface area contributed by atoms with Crippen molar-refractivity contribution in [1.29, 1.82) is 0 Å². The molecule has 2 aliphatic rings. The average Bonchev–Trinajstić information content (AvgIpc) is 2.95. The van der Waals surface area contributed by atoms with E-state index in [1.54, 1.807) is 6.20 Å². The summed E-state index contributed by atoms with van der Waals surface area (Å²) >= 11 is 0. The van der Waals surface area contributed by atoms with Crippen LogP contribution in [0.15, 0.2) is 18.3 Å². The molecule has 1 unspecified atom stereocenters. The monoisotopic (exact) mass is 303 g/mol. The normalized spacial score (nSPS) is 23.0. The van der Waals surface area contributed by atoms with Gasteiger partial charge in [-0.25, -0.2) is 4.98 Å². The van der Waals surface area contributed by atoms with Gasteiger partial charge in [-0.1, -0.05) is 25.7 Å². The van der Waals surface area contributed by atoms with E-state index < -0.39 is 0 Å². The second-order valence-electron chi connectivity index (χ2n) is 6.26. The maximum absolute atomic E-state index is 12.0. The topological polar surface area (TPSA) is 63.2 Å². The number of hydrogen-bond donors (Lipinski definition) is 2. The first-order valence-corrected chi connectivity index (χ1v) is 8.46. The summed E-state index contributed by atoms with van der Waals surface area (Å²) in [5.74, 6) is 0.825. The zero-order valence-electron chi connectivity index (χ0n) is 13.0. The van der Waals surface area contributed by atoms with Crippen LogP contribution < -0.4 is 10.6 Å². The molecule has 1 saturated heterocycles. The molecule has 5 heteroatoms. The fraction of sp³-hybridized carbons (Fsp3) is 0.647. The lowest BCUT2D eigenvalue weighted by Crippen LogP contribution is -2.27. The number of carbonyl (C=O) groups is 1. The first-order chi connectivity index (χ1) is 10.8. The Bertz CT molecular complexity index is 475. The van der Waals surface area contributed by atoms with Crippen molar-refractivity contribution < 1.29 is 9.53 Å². The van der Waals surface area contributed by atoms with E-state index in [0.717, 1.165) is 24.3 Å². The Morgan fingerprint density at radius 2 is 1.91 bits per heavy atom. The number of carbonyl (C=O) groups excluding carboxylic acids is 1. The third-order valence-electron chi connectivity index (χ3n) is 4.46. The van der Waals surface area contributed by atoms with Crippen LogP contribution >= 0.6 is 0 Å². The first kappa shape index (κ1) is 15.3. The molecule has 1 aliphatic carbocycles. The fourth-order valence-corrected chi connectivity index (χ4v) is 3.19. The summed E-state index contributed by atoms with van der Waals surface area (Å²) < 4.78 is 5.38. The standard InChI is InChI=1S/C17H25N3O2/c21-17(15-8-5-11-22-15)20-14-9-10-16(18-12-14)19-13-6-3-1-2-4-7-13/h9-10,12-13,15H,1-8,11H2,(H,18,19)(H,20,21). The fourth-order valence-electron chi connectivity index (χ4n) is 3.19. The van der Waals surface area contributed by atoms with Crippen molar-refractivity contribution in [3.8, 4) is 0 Å². The summed E-state index contributed by atoms with van der Waals surface area (Å²) in [5.41, 5.74) is 0.729. The Balaban J connectivity index is 1.52. The van der Waals surface area contributed by atoms with Crippen LogP contribution in [0.5, 0.6) is 0 Å². The van der Waals surface area contributed by atoms with Crippen molar-refractivity contribution in [3.05, 3.63) is 18.3 Å². The summed E-state index contributed by atoms with van der Waals surface area (Å²) in [7, 11) is 0. The van der Waals surface area contributed by atoms with E-state index in [9.17, 15) is 4.79 Å². The number of nitrogens with one attached hydrogen (secondary N) is 2. The summed E-state index contributed by atoms with van der Waals surface area (Å²) in [6.07, 6.45) is 10.9. The number of nitrogens with zero attached hydrogens (tertiary/aromatic N) is 1. The average molecular weight is 303 g/mol. The zero-order valence-corrected chi connectivity index (χ0v) is 13.0. The van der Waals surface area contributed by atoms with Crippen molar-refractivity contribution in [1.82, 2.24) is 4.98 Å². The number of amides is 1.